The highest BCUT2D eigenvalue weighted by atomic mass is 79.9. The zero-order valence-electron chi connectivity index (χ0n) is 11.1. The van der Waals surface area contributed by atoms with Gasteiger partial charge in [-0.2, -0.15) is 0 Å². The van der Waals surface area contributed by atoms with Crippen molar-refractivity contribution in [1.82, 2.24) is 5.32 Å². The van der Waals surface area contributed by atoms with Gasteiger partial charge in [0.05, 0.1) is 0 Å². The molecule has 3 N–H and O–H groups in total. The average molecular weight is 365 g/mol. The number of halogens is 1. The summed E-state index contributed by atoms with van der Waals surface area (Å²) in [6.45, 7) is 1.99. The molecule has 0 radical (unpaired) electrons. The first-order valence-electron chi connectivity index (χ1n) is 6.36. The fourth-order valence-electron chi connectivity index (χ4n) is 2.45. The maximum absolute atomic E-state index is 12.1. The van der Waals surface area contributed by atoms with Gasteiger partial charge in [-0.3, -0.25) is 4.79 Å². The monoisotopic (exact) mass is 364 g/mol. The molecule has 0 aliphatic heterocycles. The van der Waals surface area contributed by atoms with Crippen LogP contribution in [0.1, 0.15) is 49.6 Å². The standard InChI is InChI=1S/C12H17BrN2O4S/c1-12(5-3-2-4-6-12)15-11(16)8-7-9(10(13)19-8)20(14,17)18/h7H,2-6H2,1H3,(H,15,16)(H2,14,17,18). The first-order chi connectivity index (χ1) is 9.21. The molecule has 1 aromatic rings. The Bertz CT molecular complexity index is 617. The highest BCUT2D eigenvalue weighted by molar-refractivity contribution is 9.10. The van der Waals surface area contributed by atoms with Gasteiger partial charge >= 0.3 is 0 Å². The number of carbonyl (C=O) groups excluding carboxylic acids is 1. The lowest BCUT2D eigenvalue weighted by Crippen LogP contribution is -2.47. The number of furan rings is 1. The predicted molar refractivity (Wildman–Crippen MR) is 76.7 cm³/mol. The molecule has 1 aliphatic rings. The van der Waals surface area contributed by atoms with Crippen LogP contribution in [0.15, 0.2) is 20.0 Å². The molecule has 0 saturated heterocycles. The largest absolute Gasteiger partial charge is 0.443 e. The molecule has 112 valence electrons. The van der Waals surface area contributed by atoms with E-state index in [9.17, 15) is 13.2 Å². The van der Waals surface area contributed by atoms with Crippen molar-refractivity contribution in [2.45, 2.75) is 49.5 Å². The summed E-state index contributed by atoms with van der Waals surface area (Å²) in [7, 11) is -3.92. The SMILES string of the molecule is CC1(NC(=O)c2cc(S(N)(=O)=O)c(Br)o2)CCCCC1. The van der Waals surface area contributed by atoms with Gasteiger partial charge < -0.3 is 9.73 Å². The molecule has 0 spiro atoms. The minimum absolute atomic E-state index is 0.0565. The maximum Gasteiger partial charge on any atom is 0.287 e. The first kappa shape index (κ1) is 15.5. The third kappa shape index (κ3) is 3.42. The summed E-state index contributed by atoms with van der Waals surface area (Å²) < 4.78 is 27.7. The normalized spacial score (nSPS) is 18.8. The van der Waals surface area contributed by atoms with E-state index in [2.05, 4.69) is 21.2 Å². The number of nitrogens with one attached hydrogen (secondary N) is 1. The summed E-state index contributed by atoms with van der Waals surface area (Å²) in [5.41, 5.74) is -0.268. The lowest BCUT2D eigenvalue weighted by molar-refractivity contribution is 0.0852. The summed E-state index contributed by atoms with van der Waals surface area (Å²) in [6, 6.07) is 1.14. The van der Waals surface area contributed by atoms with Crippen molar-refractivity contribution in [3.8, 4) is 0 Å². The predicted octanol–water partition coefficient (Wildman–Crippen LogP) is 2.14. The molecule has 20 heavy (non-hydrogen) atoms. The van der Waals surface area contributed by atoms with Crippen LogP contribution in [0, 0.1) is 0 Å². The quantitative estimate of drug-likeness (QED) is 0.857. The Balaban J connectivity index is 2.18. The second-order valence-electron chi connectivity index (χ2n) is 5.37. The van der Waals surface area contributed by atoms with Crippen LogP contribution in [0.4, 0.5) is 0 Å². The number of hydrogen-bond acceptors (Lipinski definition) is 4. The number of rotatable bonds is 3. The Morgan fingerprint density at radius 3 is 2.50 bits per heavy atom. The van der Waals surface area contributed by atoms with Crippen LogP contribution in [-0.2, 0) is 10.0 Å². The van der Waals surface area contributed by atoms with E-state index in [-0.39, 0.29) is 20.9 Å². The molecule has 1 fully saturated rings. The van der Waals surface area contributed by atoms with Crippen molar-refractivity contribution in [2.24, 2.45) is 5.14 Å². The highest BCUT2D eigenvalue weighted by Crippen LogP contribution is 2.29. The maximum atomic E-state index is 12.1. The number of hydrogen-bond donors (Lipinski definition) is 2. The molecule has 1 heterocycles. The molecule has 6 nitrogen and oxygen atoms in total. The van der Waals surface area contributed by atoms with Gasteiger partial charge in [0, 0.05) is 11.6 Å². The van der Waals surface area contributed by atoms with E-state index in [0.29, 0.717) is 0 Å². The summed E-state index contributed by atoms with van der Waals surface area (Å²) in [5, 5.41) is 7.95. The van der Waals surface area contributed by atoms with Crippen molar-refractivity contribution < 1.29 is 17.6 Å². The second kappa shape index (κ2) is 5.50. The van der Waals surface area contributed by atoms with Crippen LogP contribution in [0.2, 0.25) is 0 Å². The fraction of sp³-hybridized carbons (Fsp3) is 0.583. The van der Waals surface area contributed by atoms with Gasteiger partial charge in [0.1, 0.15) is 4.90 Å². The molecule has 2 rings (SSSR count). The van der Waals surface area contributed by atoms with Gasteiger partial charge in [0.2, 0.25) is 10.0 Å². The molecule has 1 amide bonds. The van der Waals surface area contributed by atoms with E-state index in [1.165, 1.54) is 6.42 Å². The first-order valence-corrected chi connectivity index (χ1v) is 8.70. The third-order valence-corrected chi connectivity index (χ3v) is 5.33. The van der Waals surface area contributed by atoms with Crippen LogP contribution in [0.5, 0.6) is 0 Å². The van der Waals surface area contributed by atoms with E-state index < -0.39 is 15.9 Å². The van der Waals surface area contributed by atoms with Gasteiger partial charge in [-0.1, -0.05) is 19.3 Å². The number of nitrogens with two attached hydrogens (primary N) is 1. The molecule has 1 aromatic heterocycles. The Kier molecular flexibility index (Phi) is 4.27. The van der Waals surface area contributed by atoms with E-state index in [1.807, 2.05) is 6.92 Å². The molecule has 0 aromatic carbocycles. The van der Waals surface area contributed by atoms with Gasteiger partial charge in [0.15, 0.2) is 10.4 Å². The van der Waals surface area contributed by atoms with Gasteiger partial charge in [0.25, 0.3) is 5.91 Å². The van der Waals surface area contributed by atoms with E-state index >= 15 is 0 Å². The fourth-order valence-corrected chi connectivity index (χ4v) is 3.95. The molecule has 1 saturated carbocycles. The number of sulfonamides is 1. The van der Waals surface area contributed by atoms with Crippen LogP contribution in [0.3, 0.4) is 0 Å². The molecule has 0 atom stereocenters. The van der Waals surface area contributed by atoms with Crippen LogP contribution < -0.4 is 10.5 Å². The van der Waals surface area contributed by atoms with Crippen molar-refractivity contribution in [1.29, 1.82) is 0 Å². The topological polar surface area (TPSA) is 102 Å². The van der Waals surface area contributed by atoms with Crippen molar-refractivity contribution in [2.75, 3.05) is 0 Å². The third-order valence-electron chi connectivity index (χ3n) is 3.56. The Morgan fingerprint density at radius 2 is 2.00 bits per heavy atom. The number of primary sulfonamides is 1. The zero-order chi connectivity index (χ0) is 15.0. The smallest absolute Gasteiger partial charge is 0.287 e. The van der Waals surface area contributed by atoms with Crippen LogP contribution in [-0.4, -0.2) is 19.9 Å². The number of amides is 1. The van der Waals surface area contributed by atoms with E-state index in [1.54, 1.807) is 0 Å². The molecule has 1 aliphatic carbocycles. The highest BCUT2D eigenvalue weighted by Gasteiger charge is 2.30. The Morgan fingerprint density at radius 1 is 1.40 bits per heavy atom. The average Bonchev–Trinajstić information content (AvgIpc) is 2.71. The molecular formula is C12H17BrN2O4S. The van der Waals surface area contributed by atoms with E-state index in [4.69, 9.17) is 9.56 Å². The Hall–Kier alpha value is -0.860. The minimum Gasteiger partial charge on any atom is -0.443 e. The minimum atomic E-state index is -3.92. The second-order valence-corrected chi connectivity index (χ2v) is 7.62. The molecule has 0 unspecified atom stereocenters. The summed E-state index contributed by atoms with van der Waals surface area (Å²) >= 11 is 2.95. The van der Waals surface area contributed by atoms with Gasteiger partial charge in [-0.05, 0) is 35.7 Å². The molecular weight excluding hydrogens is 348 g/mol. The Labute approximate surface area is 126 Å². The lowest BCUT2D eigenvalue weighted by atomic mass is 9.83. The van der Waals surface area contributed by atoms with E-state index in [0.717, 1.165) is 31.7 Å². The molecule has 0 bridgehead atoms. The van der Waals surface area contributed by atoms with Crippen LogP contribution >= 0.6 is 15.9 Å². The zero-order valence-corrected chi connectivity index (χ0v) is 13.5. The number of carbonyl (C=O) groups is 1. The van der Waals surface area contributed by atoms with Crippen molar-refractivity contribution in [3.05, 3.63) is 16.5 Å². The van der Waals surface area contributed by atoms with Crippen molar-refractivity contribution in [3.63, 3.8) is 0 Å². The lowest BCUT2D eigenvalue weighted by Gasteiger charge is -2.34. The summed E-state index contributed by atoms with van der Waals surface area (Å²) in [6.07, 6.45) is 5.13. The van der Waals surface area contributed by atoms with Crippen molar-refractivity contribution >= 4 is 31.9 Å². The summed E-state index contributed by atoms with van der Waals surface area (Å²) in [5.74, 6) is -0.488. The van der Waals surface area contributed by atoms with Gasteiger partial charge in [-0.15, -0.1) is 0 Å². The van der Waals surface area contributed by atoms with Gasteiger partial charge in [-0.25, -0.2) is 13.6 Å². The summed E-state index contributed by atoms with van der Waals surface area (Å²) in [4.78, 5) is 11.9. The van der Waals surface area contributed by atoms with Crippen LogP contribution in [0.25, 0.3) is 0 Å². The molecule has 8 heteroatoms.